The molecule has 0 atom stereocenters. The third-order valence-corrected chi connectivity index (χ3v) is 4.42. The molecule has 4 aromatic rings. The fraction of sp³-hybridized carbons (Fsp3) is 0.0556. The van der Waals surface area contributed by atoms with E-state index in [1.54, 1.807) is 11.6 Å². The minimum atomic E-state index is 0.708. The van der Waals surface area contributed by atoms with E-state index in [1.807, 2.05) is 54.6 Å². The van der Waals surface area contributed by atoms with Crippen LogP contribution < -0.4 is 4.74 Å². The van der Waals surface area contributed by atoms with Crippen molar-refractivity contribution < 1.29 is 4.74 Å². The van der Waals surface area contributed by atoms with Gasteiger partial charge in [-0.25, -0.2) is 0 Å². The second-order valence-electron chi connectivity index (χ2n) is 5.13. The zero-order valence-corrected chi connectivity index (χ0v) is 13.8. The summed E-state index contributed by atoms with van der Waals surface area (Å²) in [6.45, 7) is 0. The molecule has 0 spiro atoms. The predicted molar refractivity (Wildman–Crippen MR) is 96.0 cm³/mol. The van der Waals surface area contributed by atoms with E-state index in [2.05, 4.69) is 27.4 Å². The molecule has 2 aromatic heterocycles. The summed E-state index contributed by atoms with van der Waals surface area (Å²) in [7, 11) is 1.65. The monoisotopic (exact) mass is 334 g/mol. The fourth-order valence-corrected chi connectivity index (χ4v) is 3.11. The van der Waals surface area contributed by atoms with Gasteiger partial charge in [-0.1, -0.05) is 59.9 Å². The minimum Gasteiger partial charge on any atom is -0.497 e. The van der Waals surface area contributed by atoms with Crippen LogP contribution in [0.5, 0.6) is 5.75 Å². The van der Waals surface area contributed by atoms with Crippen molar-refractivity contribution in [1.82, 2.24) is 19.8 Å². The van der Waals surface area contributed by atoms with E-state index < -0.39 is 0 Å². The molecule has 2 heterocycles. The maximum atomic E-state index is 5.27. The van der Waals surface area contributed by atoms with Crippen LogP contribution in [0.2, 0.25) is 0 Å². The summed E-state index contributed by atoms with van der Waals surface area (Å²) in [6, 6.07) is 17.9. The summed E-state index contributed by atoms with van der Waals surface area (Å²) in [4.78, 5) is 0.764. The number of methoxy groups -OCH3 is 1. The van der Waals surface area contributed by atoms with Gasteiger partial charge in [0, 0.05) is 5.56 Å². The highest BCUT2D eigenvalue weighted by Crippen LogP contribution is 2.25. The maximum Gasteiger partial charge on any atom is 0.235 e. The fourth-order valence-electron chi connectivity index (χ4n) is 2.37. The number of hydrogen-bond donors (Lipinski definition) is 0. The first-order valence-corrected chi connectivity index (χ1v) is 8.25. The normalized spacial score (nSPS) is 11.4. The molecular weight excluding hydrogens is 320 g/mol. The van der Waals surface area contributed by atoms with Crippen LogP contribution >= 0.6 is 11.3 Å². The lowest BCUT2D eigenvalue weighted by Crippen LogP contribution is -1.91. The highest BCUT2D eigenvalue weighted by Gasteiger charge is 2.12. The van der Waals surface area contributed by atoms with Gasteiger partial charge in [0.25, 0.3) is 0 Å². The molecule has 2 aromatic carbocycles. The van der Waals surface area contributed by atoms with E-state index in [0.717, 1.165) is 26.8 Å². The van der Waals surface area contributed by atoms with Crippen molar-refractivity contribution in [3.8, 4) is 17.1 Å². The maximum absolute atomic E-state index is 5.27. The Morgan fingerprint density at radius 3 is 2.71 bits per heavy atom. The molecule has 0 bridgehead atoms. The van der Waals surface area contributed by atoms with Crippen molar-refractivity contribution in [3.05, 3.63) is 65.2 Å². The van der Waals surface area contributed by atoms with Crippen molar-refractivity contribution in [2.75, 3.05) is 7.11 Å². The Balaban J connectivity index is 1.69. The molecule has 0 unspecified atom stereocenters. The molecule has 0 aliphatic rings. The number of aromatic nitrogens is 4. The molecule has 5 nitrogen and oxygen atoms in total. The predicted octanol–water partition coefficient (Wildman–Crippen LogP) is 4.03. The highest BCUT2D eigenvalue weighted by molar-refractivity contribution is 7.17. The molecule has 0 aliphatic heterocycles. The van der Waals surface area contributed by atoms with Crippen molar-refractivity contribution in [3.63, 3.8) is 0 Å². The average molecular weight is 334 g/mol. The Morgan fingerprint density at radius 2 is 1.88 bits per heavy atom. The molecule has 0 fully saturated rings. The number of benzene rings is 2. The Hall–Kier alpha value is -2.99. The largest absolute Gasteiger partial charge is 0.497 e. The average Bonchev–Trinajstić information content (AvgIpc) is 3.21. The number of fused-ring (bicyclic) bond motifs is 1. The number of rotatable bonds is 4. The van der Waals surface area contributed by atoms with Crippen LogP contribution in [0.4, 0.5) is 0 Å². The summed E-state index contributed by atoms with van der Waals surface area (Å²) >= 11 is 1.50. The Morgan fingerprint density at radius 1 is 1.00 bits per heavy atom. The lowest BCUT2D eigenvalue weighted by atomic mass is 10.2. The lowest BCUT2D eigenvalue weighted by molar-refractivity contribution is 0.415. The van der Waals surface area contributed by atoms with E-state index in [9.17, 15) is 0 Å². The van der Waals surface area contributed by atoms with Crippen LogP contribution in [-0.2, 0) is 0 Å². The molecule has 4 rings (SSSR count). The molecule has 0 saturated carbocycles. The molecule has 0 radical (unpaired) electrons. The summed E-state index contributed by atoms with van der Waals surface area (Å²) in [6.07, 6.45) is 4.03. The molecule has 24 heavy (non-hydrogen) atoms. The van der Waals surface area contributed by atoms with Crippen LogP contribution in [0.15, 0.2) is 54.6 Å². The van der Waals surface area contributed by atoms with Crippen molar-refractivity contribution in [2.24, 2.45) is 0 Å². The summed E-state index contributed by atoms with van der Waals surface area (Å²) in [5.41, 5.74) is 2.06. The van der Waals surface area contributed by atoms with Crippen molar-refractivity contribution in [2.45, 2.75) is 0 Å². The smallest absolute Gasteiger partial charge is 0.235 e. The van der Waals surface area contributed by atoms with Crippen LogP contribution in [0.25, 0.3) is 28.5 Å². The van der Waals surface area contributed by atoms with Crippen molar-refractivity contribution >= 4 is 28.4 Å². The molecule has 0 saturated heterocycles. The van der Waals surface area contributed by atoms with Gasteiger partial charge in [0.2, 0.25) is 4.96 Å². The quantitative estimate of drug-likeness (QED) is 0.565. The van der Waals surface area contributed by atoms with Crippen molar-refractivity contribution in [1.29, 1.82) is 0 Å². The van der Waals surface area contributed by atoms with Gasteiger partial charge in [-0.3, -0.25) is 0 Å². The minimum absolute atomic E-state index is 0.708. The molecule has 0 aliphatic carbocycles. The van der Waals surface area contributed by atoms with Gasteiger partial charge in [-0.15, -0.1) is 10.2 Å². The highest BCUT2D eigenvalue weighted by atomic mass is 32.1. The van der Waals surface area contributed by atoms with Crippen LogP contribution in [-0.4, -0.2) is 26.9 Å². The molecule has 118 valence electrons. The van der Waals surface area contributed by atoms with Gasteiger partial charge < -0.3 is 4.74 Å². The van der Waals surface area contributed by atoms with E-state index in [4.69, 9.17) is 4.74 Å². The Labute approximate surface area is 142 Å². The lowest BCUT2D eigenvalue weighted by Gasteiger charge is -2.01. The van der Waals surface area contributed by atoms with Crippen LogP contribution in [0.3, 0.4) is 0 Å². The van der Waals surface area contributed by atoms with Gasteiger partial charge >= 0.3 is 0 Å². The van der Waals surface area contributed by atoms with Crippen LogP contribution in [0.1, 0.15) is 10.6 Å². The second kappa shape index (κ2) is 6.25. The van der Waals surface area contributed by atoms with Gasteiger partial charge in [0.1, 0.15) is 10.8 Å². The van der Waals surface area contributed by atoms with E-state index in [1.165, 1.54) is 11.3 Å². The first kappa shape index (κ1) is 14.6. The van der Waals surface area contributed by atoms with Gasteiger partial charge in [-0.05, 0) is 23.8 Å². The molecule has 0 N–H and O–H groups in total. The molecule has 6 heteroatoms. The second-order valence-corrected chi connectivity index (χ2v) is 6.12. The number of nitrogens with zero attached hydrogens (tertiary/aromatic N) is 4. The van der Waals surface area contributed by atoms with E-state index in [0.29, 0.717) is 5.82 Å². The Bertz CT molecular complexity index is 1000. The standard InChI is InChI=1S/C18H14N4OS/c1-23-15-9-5-8-14(12-15)17-19-20-18-22(17)21-16(24-18)11-10-13-6-3-2-4-7-13/h2-12H,1H3/b11-10+. The third-order valence-electron chi connectivity index (χ3n) is 3.55. The third kappa shape index (κ3) is 2.79. The summed E-state index contributed by atoms with van der Waals surface area (Å²) < 4.78 is 7.04. The topological polar surface area (TPSA) is 52.3 Å². The number of ether oxygens (including phenoxy) is 1. The summed E-state index contributed by atoms with van der Waals surface area (Å²) in [5, 5.41) is 13.9. The van der Waals surface area contributed by atoms with E-state index in [-0.39, 0.29) is 0 Å². The SMILES string of the molecule is COc1cccc(-c2nnc3sc(/C=C/c4ccccc4)nn23)c1. The zero-order chi connectivity index (χ0) is 16.4. The summed E-state index contributed by atoms with van der Waals surface area (Å²) in [5.74, 6) is 1.49. The molecular formula is C18H14N4OS. The van der Waals surface area contributed by atoms with Crippen LogP contribution in [0, 0.1) is 0 Å². The first-order chi connectivity index (χ1) is 11.8. The van der Waals surface area contributed by atoms with Gasteiger partial charge in [0.05, 0.1) is 7.11 Å². The Kier molecular flexibility index (Phi) is 3.80. The van der Waals surface area contributed by atoms with Gasteiger partial charge in [-0.2, -0.15) is 9.61 Å². The van der Waals surface area contributed by atoms with Gasteiger partial charge in [0.15, 0.2) is 5.82 Å². The first-order valence-electron chi connectivity index (χ1n) is 7.43. The number of hydrogen-bond acceptors (Lipinski definition) is 5. The van der Waals surface area contributed by atoms with E-state index >= 15 is 0 Å². The molecule has 0 amide bonds. The zero-order valence-electron chi connectivity index (χ0n) is 13.0.